The number of hydrogen-bond acceptors (Lipinski definition) is 3. The molecule has 0 spiro atoms. The number of hydrogen-bond donors (Lipinski definition) is 0. The summed E-state index contributed by atoms with van der Waals surface area (Å²) in [4.78, 5) is 34.9. The lowest BCUT2D eigenvalue weighted by molar-refractivity contribution is -0.132. The number of rotatable bonds is 5. The standard InChI is InChI=1S/C26H30N4O2/c1-19(20-10-4-2-5-11-20)29-17-21(16-24(29)31)26-27-22-12-6-7-13-23(22)30(26)18-25(32)28-14-8-3-9-15-28/h2,4-7,10-13,19,21H,3,8-9,14-18H2,1H3. The Kier molecular flexibility index (Phi) is 5.68. The Bertz CT molecular complexity index is 1120. The number of amides is 2. The smallest absolute Gasteiger partial charge is 0.242 e. The van der Waals surface area contributed by atoms with Crippen molar-refractivity contribution in [3.8, 4) is 0 Å². The van der Waals surface area contributed by atoms with Gasteiger partial charge in [-0.05, 0) is 43.9 Å². The van der Waals surface area contributed by atoms with Gasteiger partial charge in [-0.3, -0.25) is 9.59 Å². The highest BCUT2D eigenvalue weighted by Gasteiger charge is 2.37. The number of imidazole rings is 1. The van der Waals surface area contributed by atoms with Crippen LogP contribution in [0.4, 0.5) is 0 Å². The Labute approximate surface area is 188 Å². The van der Waals surface area contributed by atoms with Crippen molar-refractivity contribution in [1.29, 1.82) is 0 Å². The van der Waals surface area contributed by atoms with Crippen molar-refractivity contribution in [3.05, 3.63) is 66.0 Å². The molecule has 0 saturated carbocycles. The monoisotopic (exact) mass is 430 g/mol. The van der Waals surface area contributed by atoms with Gasteiger partial charge in [0, 0.05) is 32.0 Å². The molecule has 0 N–H and O–H groups in total. The molecule has 0 bridgehead atoms. The van der Waals surface area contributed by atoms with Gasteiger partial charge in [0.15, 0.2) is 0 Å². The van der Waals surface area contributed by atoms with Crippen LogP contribution < -0.4 is 0 Å². The predicted octanol–water partition coefficient (Wildman–Crippen LogP) is 4.13. The lowest BCUT2D eigenvalue weighted by Crippen LogP contribution is -2.38. The first-order valence-corrected chi connectivity index (χ1v) is 11.7. The second-order valence-corrected chi connectivity index (χ2v) is 9.02. The van der Waals surface area contributed by atoms with Gasteiger partial charge in [0.05, 0.1) is 17.1 Å². The molecule has 2 aliphatic heterocycles. The molecule has 3 heterocycles. The Balaban J connectivity index is 1.43. The summed E-state index contributed by atoms with van der Waals surface area (Å²) in [6.45, 7) is 4.67. The molecule has 2 unspecified atom stereocenters. The molecular weight excluding hydrogens is 400 g/mol. The normalized spacial score (nSPS) is 20.2. The molecule has 6 heteroatoms. The molecule has 2 saturated heterocycles. The summed E-state index contributed by atoms with van der Waals surface area (Å²) in [7, 11) is 0. The number of para-hydroxylation sites is 2. The molecule has 166 valence electrons. The summed E-state index contributed by atoms with van der Waals surface area (Å²) in [5, 5.41) is 0. The van der Waals surface area contributed by atoms with Crippen molar-refractivity contribution < 1.29 is 9.59 Å². The molecule has 2 amide bonds. The molecule has 32 heavy (non-hydrogen) atoms. The van der Waals surface area contributed by atoms with Gasteiger partial charge in [0.2, 0.25) is 11.8 Å². The van der Waals surface area contributed by atoms with E-state index in [1.165, 1.54) is 6.42 Å². The summed E-state index contributed by atoms with van der Waals surface area (Å²) in [6.07, 6.45) is 3.78. The lowest BCUT2D eigenvalue weighted by Gasteiger charge is -2.27. The van der Waals surface area contributed by atoms with E-state index in [4.69, 9.17) is 4.98 Å². The SMILES string of the molecule is CC(c1ccccc1)N1CC(c2nc3ccccc3n2CC(=O)N2CCCCC2)CC1=O. The zero-order valence-corrected chi connectivity index (χ0v) is 18.6. The van der Waals surface area contributed by atoms with Crippen LogP contribution in [0.25, 0.3) is 11.0 Å². The first-order valence-electron chi connectivity index (χ1n) is 11.7. The molecule has 2 aliphatic rings. The van der Waals surface area contributed by atoms with Crippen LogP contribution in [0.1, 0.15) is 56.0 Å². The van der Waals surface area contributed by atoms with Crippen LogP contribution in [0.5, 0.6) is 0 Å². The van der Waals surface area contributed by atoms with Crippen LogP contribution in [0, 0.1) is 0 Å². The summed E-state index contributed by atoms with van der Waals surface area (Å²) < 4.78 is 2.06. The lowest BCUT2D eigenvalue weighted by atomic mass is 10.1. The summed E-state index contributed by atoms with van der Waals surface area (Å²) >= 11 is 0. The first-order chi connectivity index (χ1) is 15.6. The highest BCUT2D eigenvalue weighted by atomic mass is 16.2. The topological polar surface area (TPSA) is 58.4 Å². The fourth-order valence-electron chi connectivity index (χ4n) is 5.14. The number of benzene rings is 2. The summed E-state index contributed by atoms with van der Waals surface area (Å²) in [6, 6.07) is 18.1. The molecule has 3 aromatic rings. The molecule has 0 aliphatic carbocycles. The predicted molar refractivity (Wildman–Crippen MR) is 124 cm³/mol. The average Bonchev–Trinajstić information content (AvgIpc) is 3.40. The maximum absolute atomic E-state index is 13.1. The van der Waals surface area contributed by atoms with E-state index in [9.17, 15) is 9.59 Å². The van der Waals surface area contributed by atoms with Gasteiger partial charge in [-0.15, -0.1) is 0 Å². The van der Waals surface area contributed by atoms with E-state index in [2.05, 4.69) is 23.6 Å². The number of carbonyl (C=O) groups is 2. The Morgan fingerprint density at radius 3 is 2.53 bits per heavy atom. The maximum atomic E-state index is 13.1. The number of fused-ring (bicyclic) bond motifs is 1. The number of aromatic nitrogens is 2. The van der Waals surface area contributed by atoms with Crippen LogP contribution >= 0.6 is 0 Å². The van der Waals surface area contributed by atoms with E-state index >= 15 is 0 Å². The minimum Gasteiger partial charge on any atom is -0.341 e. The van der Waals surface area contributed by atoms with Crippen molar-refractivity contribution in [1.82, 2.24) is 19.4 Å². The van der Waals surface area contributed by atoms with Gasteiger partial charge in [-0.2, -0.15) is 0 Å². The zero-order valence-electron chi connectivity index (χ0n) is 18.6. The average molecular weight is 431 g/mol. The highest BCUT2D eigenvalue weighted by Crippen LogP contribution is 2.35. The van der Waals surface area contributed by atoms with Crippen LogP contribution in [-0.2, 0) is 16.1 Å². The van der Waals surface area contributed by atoms with E-state index in [-0.39, 0.29) is 30.3 Å². The largest absolute Gasteiger partial charge is 0.341 e. The Morgan fingerprint density at radius 2 is 1.75 bits per heavy atom. The van der Waals surface area contributed by atoms with Crippen molar-refractivity contribution in [3.63, 3.8) is 0 Å². The number of nitrogens with zero attached hydrogens (tertiary/aromatic N) is 4. The van der Waals surface area contributed by atoms with E-state index < -0.39 is 0 Å². The zero-order chi connectivity index (χ0) is 22.1. The van der Waals surface area contributed by atoms with E-state index in [1.807, 2.05) is 52.3 Å². The van der Waals surface area contributed by atoms with E-state index in [0.717, 1.165) is 48.4 Å². The molecule has 2 atom stereocenters. The van der Waals surface area contributed by atoms with E-state index in [1.54, 1.807) is 0 Å². The fraction of sp³-hybridized carbons (Fsp3) is 0.423. The Morgan fingerprint density at radius 1 is 1.03 bits per heavy atom. The van der Waals surface area contributed by atoms with Gasteiger partial charge in [-0.1, -0.05) is 42.5 Å². The van der Waals surface area contributed by atoms with Crippen LogP contribution in [0.3, 0.4) is 0 Å². The first kappa shape index (κ1) is 20.7. The number of likely N-dealkylation sites (tertiary alicyclic amines) is 2. The molecule has 6 nitrogen and oxygen atoms in total. The van der Waals surface area contributed by atoms with Gasteiger partial charge < -0.3 is 14.4 Å². The molecule has 2 aromatic carbocycles. The molecule has 1 aromatic heterocycles. The third kappa shape index (κ3) is 3.90. The minimum absolute atomic E-state index is 0.0153. The molecular formula is C26H30N4O2. The van der Waals surface area contributed by atoms with Crippen molar-refractivity contribution in [2.45, 2.75) is 51.1 Å². The van der Waals surface area contributed by atoms with Gasteiger partial charge in [0.1, 0.15) is 12.4 Å². The minimum atomic E-state index is -0.0183. The molecule has 2 fully saturated rings. The maximum Gasteiger partial charge on any atom is 0.242 e. The summed E-state index contributed by atoms with van der Waals surface area (Å²) in [5.74, 6) is 1.13. The van der Waals surface area contributed by atoms with Crippen LogP contribution in [0.15, 0.2) is 54.6 Å². The van der Waals surface area contributed by atoms with Gasteiger partial charge in [-0.25, -0.2) is 4.98 Å². The third-order valence-corrected chi connectivity index (χ3v) is 6.96. The molecule has 0 radical (unpaired) electrons. The van der Waals surface area contributed by atoms with Gasteiger partial charge >= 0.3 is 0 Å². The Hall–Kier alpha value is -3.15. The van der Waals surface area contributed by atoms with Crippen LogP contribution in [-0.4, -0.2) is 50.8 Å². The highest BCUT2D eigenvalue weighted by molar-refractivity contribution is 5.83. The second-order valence-electron chi connectivity index (χ2n) is 9.02. The van der Waals surface area contributed by atoms with Crippen molar-refractivity contribution in [2.75, 3.05) is 19.6 Å². The van der Waals surface area contributed by atoms with E-state index in [0.29, 0.717) is 13.0 Å². The number of piperidine rings is 1. The summed E-state index contributed by atoms with van der Waals surface area (Å²) in [5.41, 5.74) is 2.99. The van der Waals surface area contributed by atoms with Crippen LogP contribution in [0.2, 0.25) is 0 Å². The molecule has 5 rings (SSSR count). The van der Waals surface area contributed by atoms with Crippen molar-refractivity contribution >= 4 is 22.8 Å². The fourth-order valence-corrected chi connectivity index (χ4v) is 5.14. The number of carbonyl (C=O) groups excluding carboxylic acids is 2. The third-order valence-electron chi connectivity index (χ3n) is 6.96. The van der Waals surface area contributed by atoms with Gasteiger partial charge in [0.25, 0.3) is 0 Å². The quantitative estimate of drug-likeness (QED) is 0.612. The second kappa shape index (κ2) is 8.77. The van der Waals surface area contributed by atoms with Crippen molar-refractivity contribution in [2.24, 2.45) is 0 Å².